The lowest BCUT2D eigenvalue weighted by Gasteiger charge is -1.94. The van der Waals surface area contributed by atoms with Gasteiger partial charge in [0.1, 0.15) is 0 Å². The summed E-state index contributed by atoms with van der Waals surface area (Å²) >= 11 is 0. The highest BCUT2D eigenvalue weighted by molar-refractivity contribution is 6.03. The summed E-state index contributed by atoms with van der Waals surface area (Å²) in [4.78, 5) is 28.0. The fraction of sp³-hybridized carbons (Fsp3) is 0.111. The summed E-state index contributed by atoms with van der Waals surface area (Å²) in [6, 6.07) is 1.68. The largest absolute Gasteiger partial charge is 0.465 e. The van der Waals surface area contributed by atoms with Crippen molar-refractivity contribution in [1.29, 1.82) is 0 Å². The maximum Gasteiger partial charge on any atom is 0.340 e. The van der Waals surface area contributed by atoms with E-state index in [1.54, 1.807) is 6.07 Å². The maximum absolute atomic E-state index is 11.4. The van der Waals surface area contributed by atoms with E-state index in [-0.39, 0.29) is 11.1 Å². The number of pyridine rings is 1. The second-order valence-electron chi connectivity index (χ2n) is 2.79. The van der Waals surface area contributed by atoms with Crippen molar-refractivity contribution >= 4 is 16.9 Å². The van der Waals surface area contributed by atoms with Crippen LogP contribution in [0.5, 0.6) is 0 Å². The number of carbonyl (C=O) groups excluding carboxylic acids is 1. The van der Waals surface area contributed by atoms with Gasteiger partial charge in [0.2, 0.25) is 0 Å². The molecule has 0 aliphatic carbocycles. The molecular formula is C9H8N2O3. The number of esters is 1. The molecule has 14 heavy (non-hydrogen) atoms. The normalized spacial score (nSPS) is 10.4. The summed E-state index contributed by atoms with van der Waals surface area (Å²) < 4.78 is 4.55. The van der Waals surface area contributed by atoms with Crippen LogP contribution in [0.3, 0.4) is 0 Å². The van der Waals surface area contributed by atoms with Crippen LogP contribution in [0.4, 0.5) is 0 Å². The summed E-state index contributed by atoms with van der Waals surface area (Å²) in [5.74, 6) is -0.520. The average Bonchev–Trinajstić information content (AvgIpc) is 2.62. The van der Waals surface area contributed by atoms with E-state index < -0.39 is 5.97 Å². The molecule has 0 saturated carbocycles. The fourth-order valence-electron chi connectivity index (χ4n) is 1.36. The Morgan fingerprint density at radius 3 is 2.93 bits per heavy atom. The van der Waals surface area contributed by atoms with E-state index in [4.69, 9.17) is 0 Å². The van der Waals surface area contributed by atoms with E-state index in [0.717, 1.165) is 0 Å². The van der Waals surface area contributed by atoms with Crippen molar-refractivity contribution in [3.63, 3.8) is 0 Å². The third-order valence-electron chi connectivity index (χ3n) is 2.01. The van der Waals surface area contributed by atoms with Gasteiger partial charge in [-0.2, -0.15) is 0 Å². The Bertz CT molecular complexity index is 538. The molecule has 0 fully saturated rings. The zero-order chi connectivity index (χ0) is 10.1. The number of fused-ring (bicyclic) bond motifs is 1. The Labute approximate surface area is 78.7 Å². The first-order valence-electron chi connectivity index (χ1n) is 4.01. The first-order valence-corrected chi connectivity index (χ1v) is 4.01. The summed E-state index contributed by atoms with van der Waals surface area (Å²) in [6.07, 6.45) is 2.98. The van der Waals surface area contributed by atoms with Crippen molar-refractivity contribution in [3.8, 4) is 0 Å². The predicted octanol–water partition coefficient (Wildman–Crippen LogP) is 0.643. The molecule has 2 rings (SSSR count). The minimum Gasteiger partial charge on any atom is -0.465 e. The highest BCUT2D eigenvalue weighted by Crippen LogP contribution is 2.13. The molecule has 2 aromatic rings. The average molecular weight is 192 g/mol. The molecule has 0 aliphatic rings. The van der Waals surface area contributed by atoms with Crippen LogP contribution in [0.2, 0.25) is 0 Å². The molecule has 0 amide bonds. The fourth-order valence-corrected chi connectivity index (χ4v) is 1.36. The molecule has 72 valence electrons. The van der Waals surface area contributed by atoms with Gasteiger partial charge in [-0.1, -0.05) is 0 Å². The van der Waals surface area contributed by atoms with Crippen molar-refractivity contribution in [2.45, 2.75) is 0 Å². The number of methoxy groups -OCH3 is 1. The van der Waals surface area contributed by atoms with Crippen molar-refractivity contribution in [2.24, 2.45) is 0 Å². The Morgan fingerprint density at radius 1 is 1.43 bits per heavy atom. The van der Waals surface area contributed by atoms with E-state index in [0.29, 0.717) is 10.9 Å². The van der Waals surface area contributed by atoms with Gasteiger partial charge < -0.3 is 14.7 Å². The van der Waals surface area contributed by atoms with Crippen molar-refractivity contribution in [3.05, 3.63) is 34.4 Å². The number of H-pyrrole nitrogens is 2. The second-order valence-corrected chi connectivity index (χ2v) is 2.79. The molecule has 0 atom stereocenters. The van der Waals surface area contributed by atoms with E-state index in [2.05, 4.69) is 14.7 Å². The van der Waals surface area contributed by atoms with Gasteiger partial charge in [-0.25, -0.2) is 4.79 Å². The quantitative estimate of drug-likeness (QED) is 0.651. The van der Waals surface area contributed by atoms with Crippen molar-refractivity contribution < 1.29 is 9.53 Å². The summed E-state index contributed by atoms with van der Waals surface area (Å²) in [6.45, 7) is 0. The molecular weight excluding hydrogens is 184 g/mol. The molecule has 2 N–H and O–H groups in total. The third kappa shape index (κ3) is 1.10. The SMILES string of the molecule is COC(=O)c1c[nH]c2cc[nH]c(=O)c12. The summed E-state index contributed by atoms with van der Waals surface area (Å²) in [5, 5.41) is 0.333. The predicted molar refractivity (Wildman–Crippen MR) is 50.3 cm³/mol. The second kappa shape index (κ2) is 3.02. The maximum atomic E-state index is 11.4. The lowest BCUT2D eigenvalue weighted by atomic mass is 10.2. The van der Waals surface area contributed by atoms with Crippen LogP contribution in [0.25, 0.3) is 10.9 Å². The molecule has 0 saturated heterocycles. The van der Waals surface area contributed by atoms with Crippen LogP contribution in [-0.4, -0.2) is 23.0 Å². The van der Waals surface area contributed by atoms with Gasteiger partial charge >= 0.3 is 5.97 Å². The summed E-state index contributed by atoms with van der Waals surface area (Å²) in [7, 11) is 1.28. The molecule has 0 bridgehead atoms. The van der Waals surface area contributed by atoms with Gasteiger partial charge in [-0.05, 0) is 6.07 Å². The molecule has 0 aliphatic heterocycles. The Kier molecular flexibility index (Phi) is 1.85. The molecule has 2 aromatic heterocycles. The number of hydrogen-bond acceptors (Lipinski definition) is 3. The zero-order valence-corrected chi connectivity index (χ0v) is 7.46. The molecule has 5 heteroatoms. The lowest BCUT2D eigenvalue weighted by Crippen LogP contribution is -2.09. The number of carbonyl (C=O) groups is 1. The van der Waals surface area contributed by atoms with E-state index in [9.17, 15) is 9.59 Å². The Hall–Kier alpha value is -2.04. The minimum absolute atomic E-state index is 0.254. The topological polar surface area (TPSA) is 75.0 Å². The van der Waals surface area contributed by atoms with E-state index >= 15 is 0 Å². The van der Waals surface area contributed by atoms with Gasteiger partial charge in [-0.3, -0.25) is 4.79 Å². The molecule has 0 spiro atoms. The molecule has 0 radical (unpaired) electrons. The Morgan fingerprint density at radius 2 is 2.21 bits per heavy atom. The molecule has 5 nitrogen and oxygen atoms in total. The molecule has 2 heterocycles. The number of aromatic amines is 2. The van der Waals surface area contributed by atoms with Crippen LogP contribution in [0.15, 0.2) is 23.3 Å². The first-order chi connectivity index (χ1) is 6.74. The van der Waals surface area contributed by atoms with Crippen LogP contribution >= 0.6 is 0 Å². The van der Waals surface area contributed by atoms with E-state index in [1.807, 2.05) is 0 Å². The third-order valence-corrected chi connectivity index (χ3v) is 2.01. The zero-order valence-electron chi connectivity index (χ0n) is 7.46. The van der Waals surface area contributed by atoms with Crippen LogP contribution < -0.4 is 5.56 Å². The van der Waals surface area contributed by atoms with Gasteiger partial charge in [-0.15, -0.1) is 0 Å². The standard InChI is InChI=1S/C9H8N2O3/c1-14-9(13)5-4-11-6-2-3-10-8(12)7(5)6/h2-4,11H,1H3,(H,10,12). The minimum atomic E-state index is -0.520. The number of ether oxygens (including phenoxy) is 1. The smallest absolute Gasteiger partial charge is 0.340 e. The van der Waals surface area contributed by atoms with Gasteiger partial charge in [0.25, 0.3) is 5.56 Å². The molecule has 0 aromatic carbocycles. The summed E-state index contributed by atoms with van der Waals surface area (Å²) in [5.41, 5.74) is 0.572. The van der Waals surface area contributed by atoms with Crippen LogP contribution in [-0.2, 0) is 4.74 Å². The van der Waals surface area contributed by atoms with Crippen LogP contribution in [0, 0.1) is 0 Å². The van der Waals surface area contributed by atoms with Gasteiger partial charge in [0.15, 0.2) is 0 Å². The van der Waals surface area contributed by atoms with Gasteiger partial charge in [0, 0.05) is 12.4 Å². The Balaban J connectivity index is 2.80. The van der Waals surface area contributed by atoms with Crippen LogP contribution in [0.1, 0.15) is 10.4 Å². The van der Waals surface area contributed by atoms with Gasteiger partial charge in [0.05, 0.1) is 23.6 Å². The monoisotopic (exact) mass is 192 g/mol. The highest BCUT2D eigenvalue weighted by Gasteiger charge is 2.14. The van der Waals surface area contributed by atoms with E-state index in [1.165, 1.54) is 19.5 Å². The number of aromatic nitrogens is 2. The number of rotatable bonds is 1. The number of nitrogens with one attached hydrogen (secondary N) is 2. The molecule has 0 unspecified atom stereocenters. The lowest BCUT2D eigenvalue weighted by molar-refractivity contribution is 0.0603. The van der Waals surface area contributed by atoms with Crippen molar-refractivity contribution in [2.75, 3.05) is 7.11 Å². The highest BCUT2D eigenvalue weighted by atomic mass is 16.5. The number of hydrogen-bond donors (Lipinski definition) is 2. The first kappa shape index (κ1) is 8.55. The van der Waals surface area contributed by atoms with Crippen molar-refractivity contribution in [1.82, 2.24) is 9.97 Å².